The Morgan fingerprint density at radius 1 is 0.706 bits per heavy atom. The lowest BCUT2D eigenvalue weighted by atomic mass is 9.65. The predicted octanol–water partition coefficient (Wildman–Crippen LogP) is 6.33. The summed E-state index contributed by atoms with van der Waals surface area (Å²) in [6.07, 6.45) is 6.31. The van der Waals surface area contributed by atoms with Gasteiger partial charge in [-0.3, -0.25) is 0 Å². The molecule has 0 unspecified atom stereocenters. The lowest BCUT2D eigenvalue weighted by Crippen LogP contribution is -2.41. The molecule has 0 spiro atoms. The average Bonchev–Trinajstić information content (AvgIpc) is 2.97. The third-order valence-corrected chi connectivity index (χ3v) is 8.76. The molecule has 4 nitrogen and oxygen atoms in total. The topological polar surface area (TPSA) is 66.0 Å². The summed E-state index contributed by atoms with van der Waals surface area (Å²) in [4.78, 5) is 0. The van der Waals surface area contributed by atoms with Crippen LogP contribution in [0.4, 0.5) is 0 Å². The molecule has 0 N–H and O–H groups in total. The normalized spacial score (nSPS) is 22.7. The van der Waals surface area contributed by atoms with Crippen molar-refractivity contribution in [1.82, 2.24) is 0 Å². The third-order valence-electron chi connectivity index (χ3n) is 8.23. The van der Waals surface area contributed by atoms with Gasteiger partial charge >= 0.3 is 7.12 Å². The molecule has 2 aliphatic carbocycles. The standard InChI is InChI=1S/C17H22BNO2.C11H10BrN/c1-15(2)16(3,4)21-18(20-15)14-8-6-13(7-9-14)17(12-19)10-5-11-17;12-10-4-2-9(3-5-10)11(8-13)6-1-7-11/h6-9H,5,10-11H2,1-4H3;2-5H,1,6-7H2. The highest BCUT2D eigenvalue weighted by molar-refractivity contribution is 9.10. The fourth-order valence-corrected chi connectivity index (χ4v) is 4.96. The number of nitriles is 2. The molecule has 1 saturated heterocycles. The molecule has 2 saturated carbocycles. The molecule has 2 aromatic rings. The van der Waals surface area contributed by atoms with Crippen LogP contribution in [-0.2, 0) is 20.1 Å². The lowest BCUT2D eigenvalue weighted by Gasteiger charge is -2.35. The molecule has 0 amide bonds. The number of hydrogen-bond acceptors (Lipinski definition) is 4. The lowest BCUT2D eigenvalue weighted by molar-refractivity contribution is 0.00578. The molecule has 0 atom stereocenters. The zero-order valence-corrected chi connectivity index (χ0v) is 22.1. The summed E-state index contributed by atoms with van der Waals surface area (Å²) in [7, 11) is -0.330. The van der Waals surface area contributed by atoms with E-state index in [-0.39, 0.29) is 29.2 Å². The Labute approximate surface area is 212 Å². The zero-order valence-electron chi connectivity index (χ0n) is 20.5. The molecule has 176 valence electrons. The largest absolute Gasteiger partial charge is 0.494 e. The first-order valence-corrected chi connectivity index (χ1v) is 12.9. The summed E-state index contributed by atoms with van der Waals surface area (Å²) in [6, 6.07) is 21.2. The van der Waals surface area contributed by atoms with Crippen molar-refractivity contribution in [3.05, 3.63) is 64.1 Å². The molecule has 6 heteroatoms. The maximum Gasteiger partial charge on any atom is 0.494 e. The van der Waals surface area contributed by atoms with Gasteiger partial charge in [-0.25, -0.2) is 0 Å². The van der Waals surface area contributed by atoms with Gasteiger partial charge in [-0.05, 0) is 94.9 Å². The minimum atomic E-state index is -0.330. The van der Waals surface area contributed by atoms with E-state index in [1.807, 2.05) is 36.4 Å². The first-order valence-electron chi connectivity index (χ1n) is 12.1. The Bertz CT molecular complexity index is 1090. The Morgan fingerprint density at radius 3 is 1.41 bits per heavy atom. The van der Waals surface area contributed by atoms with E-state index >= 15 is 0 Å². The van der Waals surface area contributed by atoms with Crippen molar-refractivity contribution in [2.45, 2.75) is 88.3 Å². The van der Waals surface area contributed by atoms with Crippen LogP contribution in [-0.4, -0.2) is 18.3 Å². The summed E-state index contributed by atoms with van der Waals surface area (Å²) in [5.41, 5.74) is 2.25. The van der Waals surface area contributed by atoms with Crippen LogP contribution < -0.4 is 5.46 Å². The van der Waals surface area contributed by atoms with Crippen LogP contribution in [0.3, 0.4) is 0 Å². The van der Waals surface area contributed by atoms with E-state index in [1.165, 1.54) is 12.0 Å². The molecule has 3 aliphatic rings. The van der Waals surface area contributed by atoms with Crippen molar-refractivity contribution in [2.75, 3.05) is 0 Å². The smallest absolute Gasteiger partial charge is 0.399 e. The highest BCUT2D eigenvalue weighted by atomic mass is 79.9. The fraction of sp³-hybridized carbons (Fsp3) is 0.500. The molecular formula is C28H32BBrN2O2. The molecule has 1 aliphatic heterocycles. The van der Waals surface area contributed by atoms with Gasteiger partial charge in [-0.15, -0.1) is 0 Å². The number of halogens is 1. The maximum atomic E-state index is 9.41. The first kappa shape index (κ1) is 25.0. The SMILES string of the molecule is CC1(C)OB(c2ccc(C3(C#N)CCC3)cc2)OC1(C)C.N#CC1(c2ccc(Br)cc2)CCC1. The molecule has 0 radical (unpaired) electrons. The van der Waals surface area contributed by atoms with Crippen molar-refractivity contribution >= 4 is 28.5 Å². The van der Waals surface area contributed by atoms with Gasteiger partial charge in [-0.1, -0.05) is 52.3 Å². The summed E-state index contributed by atoms with van der Waals surface area (Å²) in [5, 5.41) is 18.5. The fourth-order valence-electron chi connectivity index (χ4n) is 4.70. The zero-order chi connectivity index (χ0) is 24.6. The van der Waals surface area contributed by atoms with Gasteiger partial charge in [0, 0.05) is 4.47 Å². The molecule has 34 heavy (non-hydrogen) atoms. The quantitative estimate of drug-likeness (QED) is 0.445. The molecule has 1 heterocycles. The second-order valence-electron chi connectivity index (χ2n) is 10.8. The van der Waals surface area contributed by atoms with E-state index in [0.717, 1.165) is 47.6 Å². The van der Waals surface area contributed by atoms with Crippen molar-refractivity contribution in [3.8, 4) is 12.1 Å². The van der Waals surface area contributed by atoms with E-state index in [0.29, 0.717) is 0 Å². The van der Waals surface area contributed by atoms with Crippen LogP contribution in [0.2, 0.25) is 0 Å². The van der Waals surface area contributed by atoms with Crippen molar-refractivity contribution in [1.29, 1.82) is 10.5 Å². The van der Waals surface area contributed by atoms with Gasteiger partial charge in [0.05, 0.1) is 34.2 Å². The van der Waals surface area contributed by atoms with Crippen molar-refractivity contribution in [2.24, 2.45) is 0 Å². The monoisotopic (exact) mass is 518 g/mol. The van der Waals surface area contributed by atoms with Crippen molar-refractivity contribution < 1.29 is 9.31 Å². The Balaban J connectivity index is 0.000000180. The minimum absolute atomic E-state index is 0.166. The molecule has 2 aromatic carbocycles. The molecular weight excluding hydrogens is 487 g/mol. The minimum Gasteiger partial charge on any atom is -0.399 e. The number of nitrogens with zero attached hydrogens (tertiary/aromatic N) is 2. The van der Waals surface area contributed by atoms with E-state index in [1.54, 1.807) is 0 Å². The molecule has 3 fully saturated rings. The molecule has 0 bridgehead atoms. The Hall–Kier alpha value is -2.12. The van der Waals surface area contributed by atoms with E-state index in [4.69, 9.17) is 14.6 Å². The van der Waals surface area contributed by atoms with Gasteiger partial charge in [0.2, 0.25) is 0 Å². The van der Waals surface area contributed by atoms with Gasteiger partial charge in [0.15, 0.2) is 0 Å². The number of hydrogen-bond donors (Lipinski definition) is 0. The van der Waals surface area contributed by atoms with Gasteiger partial charge in [0.1, 0.15) is 0 Å². The van der Waals surface area contributed by atoms with Gasteiger partial charge < -0.3 is 9.31 Å². The highest BCUT2D eigenvalue weighted by Crippen LogP contribution is 2.44. The maximum absolute atomic E-state index is 9.41. The summed E-state index contributed by atoms with van der Waals surface area (Å²) < 4.78 is 13.2. The van der Waals surface area contributed by atoms with Gasteiger partial charge in [-0.2, -0.15) is 10.5 Å². The van der Waals surface area contributed by atoms with Crippen molar-refractivity contribution in [3.63, 3.8) is 0 Å². The summed E-state index contributed by atoms with van der Waals surface area (Å²) >= 11 is 3.39. The predicted molar refractivity (Wildman–Crippen MR) is 139 cm³/mol. The second kappa shape index (κ2) is 9.16. The van der Waals surface area contributed by atoms with Crippen LogP contribution >= 0.6 is 15.9 Å². The van der Waals surface area contributed by atoms with E-state index < -0.39 is 0 Å². The Kier molecular flexibility index (Phi) is 6.73. The van der Waals surface area contributed by atoms with Gasteiger partial charge in [0.25, 0.3) is 0 Å². The summed E-state index contributed by atoms with van der Waals surface area (Å²) in [6.45, 7) is 8.22. The van der Waals surface area contributed by atoms with Crippen LogP contribution in [0.15, 0.2) is 53.0 Å². The average molecular weight is 519 g/mol. The number of rotatable bonds is 3. The third kappa shape index (κ3) is 4.45. The van der Waals surface area contributed by atoms with E-state index in [9.17, 15) is 5.26 Å². The number of benzene rings is 2. The first-order chi connectivity index (χ1) is 16.1. The highest BCUT2D eigenvalue weighted by Gasteiger charge is 2.51. The summed E-state index contributed by atoms with van der Waals surface area (Å²) in [5.74, 6) is 0. The van der Waals surface area contributed by atoms with Crippen LogP contribution in [0.1, 0.15) is 77.3 Å². The Morgan fingerprint density at radius 2 is 1.09 bits per heavy atom. The molecule has 5 rings (SSSR count). The van der Waals surface area contributed by atoms with Crippen LogP contribution in [0.5, 0.6) is 0 Å². The van der Waals surface area contributed by atoms with Crippen LogP contribution in [0.25, 0.3) is 0 Å². The van der Waals surface area contributed by atoms with Crippen LogP contribution in [0, 0.1) is 22.7 Å². The second-order valence-corrected chi connectivity index (χ2v) is 11.7. The molecule has 0 aromatic heterocycles. The van der Waals surface area contributed by atoms with E-state index in [2.05, 4.69) is 67.9 Å².